The normalized spacial score (nSPS) is 16.1. The highest BCUT2D eigenvalue weighted by molar-refractivity contribution is 5.72. The molecule has 1 saturated heterocycles. The number of nitrogens with zero attached hydrogens (tertiary/aromatic N) is 2. The Balaban J connectivity index is 2.18. The van der Waals surface area contributed by atoms with Crippen LogP contribution in [-0.4, -0.2) is 36.1 Å². The third kappa shape index (κ3) is 2.81. The van der Waals surface area contributed by atoms with Crippen molar-refractivity contribution in [3.8, 4) is 0 Å². The molecule has 0 atom stereocenters. The zero-order chi connectivity index (χ0) is 12.3. The average Bonchev–Trinajstić information content (AvgIpc) is 2.83. The van der Waals surface area contributed by atoms with Crippen LogP contribution in [0.4, 0.5) is 0 Å². The Morgan fingerprint density at radius 3 is 2.88 bits per heavy atom. The molecule has 0 aromatic carbocycles. The van der Waals surface area contributed by atoms with Crippen LogP contribution in [0, 0.1) is 0 Å². The highest BCUT2D eigenvalue weighted by atomic mass is 16.7. The molecule has 1 fully saturated rings. The first-order chi connectivity index (χ1) is 8.18. The lowest BCUT2D eigenvalue weighted by Crippen LogP contribution is -2.24. The molecule has 0 spiro atoms. The van der Waals surface area contributed by atoms with Crippen molar-refractivity contribution >= 4 is 5.91 Å². The average molecular weight is 236 g/mol. The molecule has 0 unspecified atom stereocenters. The summed E-state index contributed by atoms with van der Waals surface area (Å²) in [6, 6.07) is 3.79. The highest BCUT2D eigenvalue weighted by Gasteiger charge is 2.23. The van der Waals surface area contributed by atoms with Crippen LogP contribution < -0.4 is 0 Å². The number of rotatable bonds is 3. The molecule has 5 nitrogen and oxygen atoms in total. The first-order valence-electron chi connectivity index (χ1n) is 5.57. The molecule has 1 aromatic rings. The standard InChI is InChI=1S/C12H16N2O3/c1-9(15)14(2)8-10-4-3-5-13-11(10)12-16-6-7-17-12/h3-5,12H,6-8H2,1-2H3. The number of hydrogen-bond donors (Lipinski definition) is 0. The van der Waals surface area contributed by atoms with E-state index in [2.05, 4.69) is 4.98 Å². The Morgan fingerprint density at radius 2 is 2.24 bits per heavy atom. The summed E-state index contributed by atoms with van der Waals surface area (Å²) in [7, 11) is 1.76. The van der Waals surface area contributed by atoms with Gasteiger partial charge in [-0.05, 0) is 11.6 Å². The van der Waals surface area contributed by atoms with Gasteiger partial charge in [0.2, 0.25) is 12.2 Å². The van der Waals surface area contributed by atoms with Gasteiger partial charge in [0.05, 0.1) is 13.2 Å². The predicted octanol–water partition coefficient (Wildman–Crippen LogP) is 1.11. The summed E-state index contributed by atoms with van der Waals surface area (Å²) >= 11 is 0. The van der Waals surface area contributed by atoms with Crippen molar-refractivity contribution in [1.29, 1.82) is 0 Å². The molecule has 1 amide bonds. The fourth-order valence-corrected chi connectivity index (χ4v) is 1.68. The quantitative estimate of drug-likeness (QED) is 0.788. The predicted molar refractivity (Wildman–Crippen MR) is 61.0 cm³/mol. The van der Waals surface area contributed by atoms with Crippen molar-refractivity contribution in [2.45, 2.75) is 19.8 Å². The molecule has 92 valence electrons. The van der Waals surface area contributed by atoms with E-state index in [4.69, 9.17) is 9.47 Å². The topological polar surface area (TPSA) is 51.7 Å². The van der Waals surface area contributed by atoms with Crippen LogP contribution >= 0.6 is 0 Å². The fourth-order valence-electron chi connectivity index (χ4n) is 1.68. The van der Waals surface area contributed by atoms with Gasteiger partial charge in [-0.25, -0.2) is 0 Å². The Bertz CT molecular complexity index is 402. The van der Waals surface area contributed by atoms with Crippen molar-refractivity contribution in [3.63, 3.8) is 0 Å². The first-order valence-corrected chi connectivity index (χ1v) is 5.57. The fraction of sp³-hybridized carbons (Fsp3) is 0.500. The highest BCUT2D eigenvalue weighted by Crippen LogP contribution is 2.24. The summed E-state index contributed by atoms with van der Waals surface area (Å²) in [5, 5.41) is 0. The summed E-state index contributed by atoms with van der Waals surface area (Å²) in [5.74, 6) is 0.0214. The van der Waals surface area contributed by atoms with Crippen molar-refractivity contribution in [2.75, 3.05) is 20.3 Å². The second kappa shape index (κ2) is 5.25. The van der Waals surface area contributed by atoms with Crippen molar-refractivity contribution < 1.29 is 14.3 Å². The van der Waals surface area contributed by atoms with Gasteiger partial charge < -0.3 is 14.4 Å². The van der Waals surface area contributed by atoms with E-state index in [9.17, 15) is 4.79 Å². The summed E-state index contributed by atoms with van der Waals surface area (Å²) in [6.07, 6.45) is 1.31. The maximum atomic E-state index is 11.2. The monoisotopic (exact) mass is 236 g/mol. The van der Waals surface area contributed by atoms with Gasteiger partial charge in [0, 0.05) is 26.7 Å². The Kier molecular flexibility index (Phi) is 3.71. The number of ether oxygens (including phenoxy) is 2. The minimum Gasteiger partial charge on any atom is -0.345 e. The molecule has 0 bridgehead atoms. The van der Waals surface area contributed by atoms with E-state index in [-0.39, 0.29) is 5.91 Å². The summed E-state index contributed by atoms with van der Waals surface area (Å²) in [5.41, 5.74) is 1.72. The Labute approximate surface area is 100 Å². The van der Waals surface area contributed by atoms with E-state index < -0.39 is 6.29 Å². The number of carbonyl (C=O) groups is 1. The van der Waals surface area contributed by atoms with Crippen LogP contribution in [0.15, 0.2) is 18.3 Å². The minimum absolute atomic E-state index is 0.0214. The van der Waals surface area contributed by atoms with Gasteiger partial charge in [0.1, 0.15) is 5.69 Å². The summed E-state index contributed by atoms with van der Waals surface area (Å²) in [6.45, 7) is 3.23. The third-order valence-corrected chi connectivity index (χ3v) is 2.72. The maximum absolute atomic E-state index is 11.2. The Morgan fingerprint density at radius 1 is 1.53 bits per heavy atom. The van der Waals surface area contributed by atoms with Gasteiger partial charge in [0.15, 0.2) is 0 Å². The lowest BCUT2D eigenvalue weighted by molar-refractivity contribution is -0.128. The van der Waals surface area contributed by atoms with Crippen molar-refractivity contribution in [1.82, 2.24) is 9.88 Å². The second-order valence-corrected chi connectivity index (χ2v) is 4.00. The van der Waals surface area contributed by atoms with Crippen LogP contribution in [0.5, 0.6) is 0 Å². The van der Waals surface area contributed by atoms with Crippen LogP contribution in [0.2, 0.25) is 0 Å². The lowest BCUT2D eigenvalue weighted by Gasteiger charge is -2.18. The van der Waals surface area contributed by atoms with Gasteiger partial charge in [-0.3, -0.25) is 9.78 Å². The van der Waals surface area contributed by atoms with Gasteiger partial charge in [0.25, 0.3) is 0 Å². The van der Waals surface area contributed by atoms with E-state index in [1.807, 2.05) is 12.1 Å². The lowest BCUT2D eigenvalue weighted by atomic mass is 10.1. The molecule has 1 aromatic heterocycles. The molecule has 0 aliphatic carbocycles. The Hall–Kier alpha value is -1.46. The number of carbonyl (C=O) groups excluding carboxylic acids is 1. The van der Waals surface area contributed by atoms with Crippen LogP contribution in [-0.2, 0) is 20.8 Å². The minimum atomic E-state index is -0.397. The van der Waals surface area contributed by atoms with Gasteiger partial charge in [-0.2, -0.15) is 0 Å². The van der Waals surface area contributed by atoms with Crippen LogP contribution in [0.25, 0.3) is 0 Å². The molecule has 17 heavy (non-hydrogen) atoms. The van der Waals surface area contributed by atoms with Gasteiger partial charge >= 0.3 is 0 Å². The van der Waals surface area contributed by atoms with E-state index in [0.29, 0.717) is 19.8 Å². The van der Waals surface area contributed by atoms with Crippen molar-refractivity contribution in [2.24, 2.45) is 0 Å². The molecule has 0 radical (unpaired) electrons. The molecule has 0 saturated carbocycles. The summed E-state index contributed by atoms with van der Waals surface area (Å²) in [4.78, 5) is 17.1. The van der Waals surface area contributed by atoms with Crippen molar-refractivity contribution in [3.05, 3.63) is 29.6 Å². The zero-order valence-electron chi connectivity index (χ0n) is 10.0. The van der Waals surface area contributed by atoms with Gasteiger partial charge in [-0.1, -0.05) is 6.07 Å². The third-order valence-electron chi connectivity index (χ3n) is 2.72. The molecule has 0 N–H and O–H groups in total. The molecule has 1 aliphatic rings. The molecular formula is C12H16N2O3. The second-order valence-electron chi connectivity index (χ2n) is 4.00. The van der Waals surface area contributed by atoms with Crippen LogP contribution in [0.3, 0.4) is 0 Å². The van der Waals surface area contributed by atoms with Gasteiger partial charge in [-0.15, -0.1) is 0 Å². The first kappa shape index (κ1) is 12.0. The molecular weight excluding hydrogens is 220 g/mol. The van der Waals surface area contributed by atoms with E-state index in [1.54, 1.807) is 25.1 Å². The van der Waals surface area contributed by atoms with Crippen LogP contribution in [0.1, 0.15) is 24.5 Å². The SMILES string of the molecule is CC(=O)N(C)Cc1cccnc1C1OCCO1. The molecule has 5 heteroatoms. The number of pyridine rings is 1. The zero-order valence-corrected chi connectivity index (χ0v) is 10.0. The van der Waals surface area contributed by atoms with E-state index in [0.717, 1.165) is 11.3 Å². The van der Waals surface area contributed by atoms with E-state index >= 15 is 0 Å². The molecule has 1 aliphatic heterocycles. The van der Waals surface area contributed by atoms with E-state index in [1.165, 1.54) is 0 Å². The number of hydrogen-bond acceptors (Lipinski definition) is 4. The largest absolute Gasteiger partial charge is 0.345 e. The number of aromatic nitrogens is 1. The summed E-state index contributed by atoms with van der Waals surface area (Å²) < 4.78 is 10.9. The number of amides is 1. The molecule has 2 rings (SSSR count). The maximum Gasteiger partial charge on any atom is 0.219 e. The molecule has 2 heterocycles. The smallest absolute Gasteiger partial charge is 0.219 e.